The van der Waals surface area contributed by atoms with Gasteiger partial charge in [-0.3, -0.25) is 0 Å². The monoisotopic (exact) mass is 598 g/mol. The van der Waals surface area contributed by atoms with E-state index >= 15 is 0 Å². The molecule has 0 aliphatic heterocycles. The minimum absolute atomic E-state index is 0.0758. The number of aliphatic hydroxyl groups is 2. The summed E-state index contributed by atoms with van der Waals surface area (Å²) in [5.41, 5.74) is 10.8. The summed E-state index contributed by atoms with van der Waals surface area (Å²) in [6.07, 6.45) is 13.2. The third-order valence-electron chi connectivity index (χ3n) is 8.76. The van der Waals surface area contributed by atoms with Gasteiger partial charge in [0, 0.05) is 5.25 Å². The Hall–Kier alpha value is -3.89. The first kappa shape index (κ1) is 31.5. The average Bonchev–Trinajstić information content (AvgIpc) is 3.23. The molecule has 0 spiro atoms. The van der Waals surface area contributed by atoms with Crippen LogP contribution in [0.2, 0.25) is 0 Å². The molecule has 6 rings (SSSR count). The van der Waals surface area contributed by atoms with E-state index in [0.717, 1.165) is 0 Å². The van der Waals surface area contributed by atoms with Crippen LogP contribution in [0, 0.1) is 0 Å². The number of rotatable bonds is 4. The van der Waals surface area contributed by atoms with E-state index in [1.165, 1.54) is 66.4 Å². The van der Waals surface area contributed by atoms with Crippen molar-refractivity contribution >= 4 is 34.5 Å². The Morgan fingerprint density at radius 1 is 0.682 bits per heavy atom. The molecule has 1 atom stereocenters. The molecule has 4 aromatic rings. The van der Waals surface area contributed by atoms with Crippen molar-refractivity contribution in [3.63, 3.8) is 0 Å². The topological polar surface area (TPSA) is 40.5 Å². The van der Waals surface area contributed by atoms with E-state index in [2.05, 4.69) is 135 Å². The first-order valence-corrected chi connectivity index (χ1v) is 15.7. The maximum absolute atomic E-state index is 9.10. The molecule has 0 fully saturated rings. The lowest BCUT2D eigenvalue weighted by Crippen LogP contribution is -2.44. The summed E-state index contributed by atoms with van der Waals surface area (Å²) < 4.78 is 0. The van der Waals surface area contributed by atoms with Crippen LogP contribution < -0.4 is 0 Å². The highest BCUT2D eigenvalue weighted by Gasteiger charge is 2.36. The van der Waals surface area contributed by atoms with Crippen molar-refractivity contribution in [2.24, 2.45) is 0 Å². The second-order valence-electron chi connectivity index (χ2n) is 12.5. The van der Waals surface area contributed by atoms with Crippen LogP contribution in [0.1, 0.15) is 52.7 Å². The van der Waals surface area contributed by atoms with Crippen LogP contribution >= 0.6 is 12.6 Å². The lowest BCUT2D eigenvalue weighted by molar-refractivity contribution is -0.107. The summed E-state index contributed by atoms with van der Waals surface area (Å²) in [7, 11) is 0. The lowest BCUT2D eigenvalue weighted by Gasteiger charge is -2.31. The molecule has 0 saturated heterocycles. The van der Waals surface area contributed by atoms with Gasteiger partial charge in [0.15, 0.2) is 0 Å². The number of allylic oxidation sites excluding steroid dienone is 8. The van der Waals surface area contributed by atoms with Crippen molar-refractivity contribution in [1.29, 1.82) is 0 Å². The molecule has 0 radical (unpaired) electrons. The molecule has 0 amide bonds. The predicted molar refractivity (Wildman–Crippen MR) is 193 cm³/mol. The molecule has 0 aromatic heterocycles. The minimum Gasteiger partial charge on any atom is -0.387 e. The molecular formula is C41H42O2S. The Balaban J connectivity index is 0.000000426. The second kappa shape index (κ2) is 12.6. The molecule has 0 heterocycles. The van der Waals surface area contributed by atoms with Gasteiger partial charge in [0.05, 0.1) is 11.2 Å². The van der Waals surface area contributed by atoms with Crippen LogP contribution in [0.15, 0.2) is 133 Å². The summed E-state index contributed by atoms with van der Waals surface area (Å²) in [6, 6.07) is 30.6. The summed E-state index contributed by atoms with van der Waals surface area (Å²) in [5.74, 6) is 0. The Kier molecular flexibility index (Phi) is 9.04. The van der Waals surface area contributed by atoms with E-state index in [-0.39, 0.29) is 5.25 Å². The fraction of sp³-hybridized carbons (Fsp3) is 0.220. The first-order chi connectivity index (χ1) is 21.0. The summed E-state index contributed by atoms with van der Waals surface area (Å²) >= 11 is 4.95. The molecule has 0 bridgehead atoms. The van der Waals surface area contributed by atoms with Gasteiger partial charge in [-0.25, -0.2) is 0 Å². The van der Waals surface area contributed by atoms with E-state index in [1.54, 1.807) is 27.7 Å². The van der Waals surface area contributed by atoms with Crippen molar-refractivity contribution in [2.45, 2.75) is 58.0 Å². The van der Waals surface area contributed by atoms with Crippen molar-refractivity contribution in [3.8, 4) is 22.3 Å². The average molecular weight is 599 g/mol. The van der Waals surface area contributed by atoms with Crippen molar-refractivity contribution in [2.75, 3.05) is 0 Å². The van der Waals surface area contributed by atoms with Crippen LogP contribution in [0.3, 0.4) is 0 Å². The van der Waals surface area contributed by atoms with Gasteiger partial charge < -0.3 is 10.2 Å². The zero-order valence-electron chi connectivity index (χ0n) is 26.5. The molecule has 4 aromatic carbocycles. The van der Waals surface area contributed by atoms with Crippen LogP contribution in [0.5, 0.6) is 0 Å². The maximum atomic E-state index is 9.10. The van der Waals surface area contributed by atoms with Crippen LogP contribution in [-0.4, -0.2) is 26.7 Å². The van der Waals surface area contributed by atoms with E-state index in [0.29, 0.717) is 0 Å². The third-order valence-corrected chi connectivity index (χ3v) is 9.32. The molecule has 44 heavy (non-hydrogen) atoms. The molecule has 2 N–H and O–H groups in total. The maximum Gasteiger partial charge on any atom is 0.0872 e. The van der Waals surface area contributed by atoms with E-state index < -0.39 is 11.2 Å². The largest absolute Gasteiger partial charge is 0.387 e. The highest BCUT2D eigenvalue weighted by Crippen LogP contribution is 2.57. The molecule has 0 saturated carbocycles. The van der Waals surface area contributed by atoms with E-state index in [4.69, 9.17) is 22.8 Å². The van der Waals surface area contributed by atoms with Gasteiger partial charge in [0.2, 0.25) is 0 Å². The van der Waals surface area contributed by atoms with Crippen molar-refractivity contribution < 1.29 is 10.2 Å². The standard InChI is InChI=1S/C35H28S.C6H14O2/c1-3-4-18-28-31-23(2)30(36)22-13-21-29(31)35-33(25-16-9-6-10-17-25)27-20-12-11-19-26(27)32(34(28)35)24-14-7-5-8-15-24;1-5(2,7)6(3,4)8/h3-22,30,36H,1-2H3;7-8H,1-4H3/b4-3-,28-18+;. The fourth-order valence-corrected chi connectivity index (χ4v) is 5.91. The number of thiol groups is 1. The SMILES string of the molecule is C/C=C\C=C1/C2=C(C)C(S)C=CC=C2c2c1c(-c1ccccc1)c1ccccc1c2-c1ccccc1.CC(C)(O)C(C)(C)O. The molecule has 2 nitrogen and oxygen atoms in total. The highest BCUT2D eigenvalue weighted by molar-refractivity contribution is 7.81. The number of fused-ring (bicyclic) bond motifs is 4. The number of benzene rings is 4. The van der Waals surface area contributed by atoms with Gasteiger partial charge >= 0.3 is 0 Å². The van der Waals surface area contributed by atoms with Gasteiger partial charge in [-0.1, -0.05) is 121 Å². The van der Waals surface area contributed by atoms with Crippen molar-refractivity contribution in [1.82, 2.24) is 0 Å². The third kappa shape index (κ3) is 5.93. The highest BCUT2D eigenvalue weighted by atomic mass is 32.1. The minimum atomic E-state index is -1.01. The van der Waals surface area contributed by atoms with Crippen LogP contribution in [0.25, 0.3) is 44.2 Å². The second-order valence-corrected chi connectivity index (χ2v) is 13.0. The summed E-state index contributed by atoms with van der Waals surface area (Å²) in [4.78, 5) is 0. The fourth-order valence-electron chi connectivity index (χ4n) is 5.68. The number of hydrogen-bond acceptors (Lipinski definition) is 3. The summed E-state index contributed by atoms with van der Waals surface area (Å²) in [6.45, 7) is 10.6. The Labute approximate surface area is 267 Å². The Bertz CT molecular complexity index is 1810. The van der Waals surface area contributed by atoms with E-state index in [9.17, 15) is 0 Å². The molecular weight excluding hydrogens is 557 g/mol. The van der Waals surface area contributed by atoms with Gasteiger partial charge in [-0.2, -0.15) is 12.6 Å². The molecule has 2 aliphatic carbocycles. The smallest absolute Gasteiger partial charge is 0.0872 e. The Morgan fingerprint density at radius 2 is 1.16 bits per heavy atom. The lowest BCUT2D eigenvalue weighted by atomic mass is 9.83. The van der Waals surface area contributed by atoms with E-state index in [1.807, 2.05) is 0 Å². The van der Waals surface area contributed by atoms with Gasteiger partial charge in [0.1, 0.15) is 0 Å². The zero-order valence-corrected chi connectivity index (χ0v) is 27.4. The quantitative estimate of drug-likeness (QED) is 0.205. The molecule has 224 valence electrons. The van der Waals surface area contributed by atoms with Crippen LogP contribution in [0.4, 0.5) is 0 Å². The van der Waals surface area contributed by atoms with Gasteiger partial charge in [-0.05, 0) is 108 Å². The Morgan fingerprint density at radius 3 is 1.64 bits per heavy atom. The molecule has 2 aliphatic rings. The molecule has 1 unspecified atom stereocenters. The molecule has 3 heteroatoms. The summed E-state index contributed by atoms with van der Waals surface area (Å²) in [5, 5.41) is 20.8. The first-order valence-electron chi connectivity index (χ1n) is 15.2. The predicted octanol–water partition coefficient (Wildman–Crippen LogP) is 10.2. The van der Waals surface area contributed by atoms with Gasteiger partial charge in [0.25, 0.3) is 0 Å². The van der Waals surface area contributed by atoms with Crippen LogP contribution in [-0.2, 0) is 0 Å². The zero-order chi connectivity index (χ0) is 31.6. The van der Waals surface area contributed by atoms with Crippen molar-refractivity contribution in [3.05, 3.63) is 144 Å². The normalized spacial score (nSPS) is 17.3. The number of hydrogen-bond donors (Lipinski definition) is 3. The van der Waals surface area contributed by atoms with Gasteiger partial charge in [-0.15, -0.1) is 0 Å².